The van der Waals surface area contributed by atoms with Gasteiger partial charge >= 0.3 is 5.97 Å². The van der Waals surface area contributed by atoms with Gasteiger partial charge in [-0.05, 0) is 66.8 Å². The van der Waals surface area contributed by atoms with Gasteiger partial charge in [-0.3, -0.25) is 14.4 Å². The van der Waals surface area contributed by atoms with Gasteiger partial charge in [0.1, 0.15) is 6.04 Å². The lowest BCUT2D eigenvalue weighted by atomic mass is 9.66. The van der Waals surface area contributed by atoms with Gasteiger partial charge in [0.15, 0.2) is 0 Å². The van der Waals surface area contributed by atoms with E-state index in [-0.39, 0.29) is 48.0 Å². The van der Waals surface area contributed by atoms with Crippen molar-refractivity contribution in [1.82, 2.24) is 4.90 Å². The molecule has 2 amide bonds. The molecule has 0 aromatic heterocycles. The Morgan fingerprint density at radius 3 is 2.59 bits per heavy atom. The van der Waals surface area contributed by atoms with Crippen LogP contribution < -0.4 is 4.90 Å². The maximum absolute atomic E-state index is 15.0. The Morgan fingerprint density at radius 2 is 1.91 bits per heavy atom. The molecule has 3 unspecified atom stereocenters. The number of fused-ring (bicyclic) bond motifs is 2. The van der Waals surface area contributed by atoms with E-state index < -0.39 is 28.7 Å². The number of benzene rings is 2. The number of amides is 2. The highest BCUT2D eigenvalue weighted by Gasteiger charge is 2.77. The smallest absolute Gasteiger partial charge is 0.310 e. The van der Waals surface area contributed by atoms with Crippen molar-refractivity contribution in [3.8, 4) is 0 Å². The van der Waals surface area contributed by atoms with Crippen molar-refractivity contribution in [3.63, 3.8) is 0 Å². The molecule has 7 nitrogen and oxygen atoms in total. The highest BCUT2D eigenvalue weighted by Crippen LogP contribution is 2.69. The summed E-state index contributed by atoms with van der Waals surface area (Å²) in [6.45, 7) is 14.2. The minimum absolute atomic E-state index is 0.0163. The van der Waals surface area contributed by atoms with Crippen LogP contribution in [0.1, 0.15) is 52.9 Å². The summed E-state index contributed by atoms with van der Waals surface area (Å²) in [5.41, 5.74) is 0.728. The van der Waals surface area contributed by atoms with Crippen LogP contribution in [0.5, 0.6) is 0 Å². The van der Waals surface area contributed by atoms with Crippen molar-refractivity contribution in [2.45, 2.75) is 75.0 Å². The second-order valence-corrected chi connectivity index (χ2v) is 14.5. The normalized spacial score (nSPS) is 27.9. The highest BCUT2D eigenvalue weighted by atomic mass is 32.2. The second-order valence-electron chi connectivity index (χ2n) is 13.0. The number of hydrogen-bond donors (Lipinski definition) is 1. The van der Waals surface area contributed by atoms with Gasteiger partial charge in [-0.15, -0.1) is 24.9 Å². The Kier molecular flexibility index (Phi) is 9.90. The minimum atomic E-state index is -0.835. The van der Waals surface area contributed by atoms with E-state index in [1.54, 1.807) is 27.6 Å². The number of thioether (sulfide) groups is 1. The van der Waals surface area contributed by atoms with Crippen LogP contribution in [0.4, 0.5) is 5.69 Å². The van der Waals surface area contributed by atoms with E-state index in [2.05, 4.69) is 20.1 Å². The molecular weight excluding hydrogens is 572 g/mol. The van der Waals surface area contributed by atoms with E-state index >= 15 is 4.79 Å². The molecule has 2 aromatic rings. The number of aliphatic hydroxyl groups excluding tert-OH is 1. The maximum atomic E-state index is 15.0. The first-order valence-electron chi connectivity index (χ1n) is 16.0. The number of likely N-dealkylation sites (tertiary alicyclic amines) is 1. The molecule has 236 valence electrons. The molecule has 3 heterocycles. The third kappa shape index (κ3) is 5.60. The van der Waals surface area contributed by atoms with Crippen molar-refractivity contribution in [2.75, 3.05) is 24.7 Å². The van der Waals surface area contributed by atoms with Crippen LogP contribution in [0.25, 0.3) is 10.8 Å². The molecule has 5 rings (SSSR count). The van der Waals surface area contributed by atoms with Gasteiger partial charge in [-0.2, -0.15) is 0 Å². The molecule has 1 spiro atoms. The van der Waals surface area contributed by atoms with E-state index in [0.29, 0.717) is 13.0 Å². The van der Waals surface area contributed by atoms with Gasteiger partial charge in [-0.25, -0.2) is 0 Å². The molecule has 3 aliphatic rings. The summed E-state index contributed by atoms with van der Waals surface area (Å²) < 4.78 is 4.98. The number of rotatable bonds is 14. The summed E-state index contributed by atoms with van der Waals surface area (Å²) >= 11 is 1.63. The average molecular weight is 619 g/mol. The van der Waals surface area contributed by atoms with Gasteiger partial charge < -0.3 is 19.6 Å². The Hall–Kier alpha value is -3.10. The molecule has 44 heavy (non-hydrogen) atoms. The van der Waals surface area contributed by atoms with E-state index in [4.69, 9.17) is 4.74 Å². The van der Waals surface area contributed by atoms with E-state index in [0.717, 1.165) is 42.1 Å². The first-order valence-corrected chi connectivity index (χ1v) is 16.9. The molecule has 2 bridgehead atoms. The molecule has 7 atom stereocenters. The lowest BCUT2D eigenvalue weighted by Gasteiger charge is -2.42. The first kappa shape index (κ1) is 32.3. The molecule has 1 N–H and O–H groups in total. The fraction of sp³-hybridized carbons (Fsp3) is 0.528. The van der Waals surface area contributed by atoms with Gasteiger partial charge in [0.25, 0.3) is 5.91 Å². The van der Waals surface area contributed by atoms with Crippen LogP contribution in [0, 0.1) is 23.7 Å². The number of hydrogen-bond acceptors (Lipinski definition) is 6. The number of nitrogens with zero attached hydrogens (tertiary/aromatic N) is 2. The van der Waals surface area contributed by atoms with Crippen LogP contribution in [0.3, 0.4) is 0 Å². The van der Waals surface area contributed by atoms with E-state index in [1.807, 2.05) is 62.4 Å². The summed E-state index contributed by atoms with van der Waals surface area (Å²) in [7, 11) is 0. The fourth-order valence-corrected chi connectivity index (χ4v) is 10.2. The molecule has 0 aliphatic carbocycles. The number of ether oxygens (including phenoxy) is 1. The maximum Gasteiger partial charge on any atom is 0.310 e. The van der Waals surface area contributed by atoms with Gasteiger partial charge in [0, 0.05) is 17.5 Å². The zero-order valence-corrected chi connectivity index (χ0v) is 27.0. The summed E-state index contributed by atoms with van der Waals surface area (Å²) in [5, 5.41) is 12.6. The van der Waals surface area contributed by atoms with Crippen LogP contribution >= 0.6 is 11.8 Å². The second kappa shape index (κ2) is 13.5. The van der Waals surface area contributed by atoms with E-state index in [9.17, 15) is 14.7 Å². The number of carbonyl (C=O) groups excluding carboxylic acids is 3. The van der Waals surface area contributed by atoms with Crippen LogP contribution in [-0.2, 0) is 19.1 Å². The van der Waals surface area contributed by atoms with Crippen molar-refractivity contribution in [1.29, 1.82) is 0 Å². The summed E-state index contributed by atoms with van der Waals surface area (Å²) in [4.78, 5) is 46.7. The van der Waals surface area contributed by atoms with Crippen LogP contribution in [0.15, 0.2) is 67.8 Å². The van der Waals surface area contributed by atoms with Crippen LogP contribution in [0.2, 0.25) is 0 Å². The SMILES string of the molecule is C=CCCCCOC(=O)[C@@H]1[C@H]2C(=O)N([C@@H](CO)CC(C)C)C(C(=O)N(CC=C)c3ccc4ccccc4c3)C23S[C@@H]1CC3C. The summed E-state index contributed by atoms with van der Waals surface area (Å²) in [6.07, 6.45) is 7.31. The zero-order valence-electron chi connectivity index (χ0n) is 26.2. The quantitative estimate of drug-likeness (QED) is 0.159. The number of allylic oxidation sites excluding steroid dienone is 1. The number of anilines is 1. The number of unbranched alkanes of at least 4 members (excludes halogenated alkanes) is 2. The predicted octanol–water partition coefficient (Wildman–Crippen LogP) is 6.00. The molecule has 3 fully saturated rings. The monoisotopic (exact) mass is 618 g/mol. The standard InChI is InChI=1S/C36H46N2O5S/c1-6-8-9-12-18-43-35(42)30-29-20-24(5)36(44-29)31(30)33(40)38(28(22-39)19-23(3)4)32(36)34(41)37(17-7-2)27-16-15-25-13-10-11-14-26(25)21-27/h6-7,10-11,13-16,21,23-24,28-32,39H,1-2,8-9,12,17-20,22H2,3-5H3/t24?,28-,29-,30+,31+,32?,36?/m1/s1. The van der Waals surface area contributed by atoms with Crippen molar-refractivity contribution >= 4 is 46.0 Å². The highest BCUT2D eigenvalue weighted by molar-refractivity contribution is 8.02. The van der Waals surface area contributed by atoms with E-state index in [1.165, 1.54) is 0 Å². The van der Waals surface area contributed by atoms with Crippen molar-refractivity contribution in [2.24, 2.45) is 23.7 Å². The molecular formula is C36H46N2O5S. The minimum Gasteiger partial charge on any atom is -0.465 e. The molecule has 3 saturated heterocycles. The third-order valence-corrected chi connectivity index (χ3v) is 11.8. The molecule has 0 saturated carbocycles. The van der Waals surface area contributed by atoms with Gasteiger partial charge in [-0.1, -0.05) is 63.3 Å². The van der Waals surface area contributed by atoms with Crippen molar-refractivity contribution in [3.05, 3.63) is 67.8 Å². The third-order valence-electron chi connectivity index (χ3n) is 9.71. The largest absolute Gasteiger partial charge is 0.465 e. The summed E-state index contributed by atoms with van der Waals surface area (Å²) in [6, 6.07) is 12.6. The number of carbonyl (C=O) groups is 3. The lowest BCUT2D eigenvalue weighted by Crippen LogP contribution is -2.59. The molecule has 3 aliphatic heterocycles. The molecule has 2 aromatic carbocycles. The first-order chi connectivity index (χ1) is 21.2. The zero-order chi connectivity index (χ0) is 31.6. The molecule has 0 radical (unpaired) electrons. The van der Waals surface area contributed by atoms with Gasteiger partial charge in [0.05, 0.1) is 35.8 Å². The van der Waals surface area contributed by atoms with Gasteiger partial charge in [0.2, 0.25) is 5.91 Å². The fourth-order valence-electron chi connectivity index (χ4n) is 7.82. The Labute approximate surface area is 265 Å². The Bertz CT molecular complexity index is 1410. The number of aliphatic hydroxyl groups is 1. The molecule has 8 heteroatoms. The topological polar surface area (TPSA) is 87.1 Å². The van der Waals surface area contributed by atoms with Crippen LogP contribution in [-0.4, -0.2) is 69.6 Å². The Morgan fingerprint density at radius 1 is 1.16 bits per heavy atom. The summed E-state index contributed by atoms with van der Waals surface area (Å²) in [5.74, 6) is -1.84. The Balaban J connectivity index is 1.56. The predicted molar refractivity (Wildman–Crippen MR) is 177 cm³/mol. The van der Waals surface area contributed by atoms with Crippen molar-refractivity contribution < 1.29 is 24.2 Å². The average Bonchev–Trinajstić information content (AvgIpc) is 3.61. The lowest BCUT2D eigenvalue weighted by molar-refractivity contribution is -0.155. The number of esters is 1.